The molecule has 0 amide bonds. The average Bonchev–Trinajstić information content (AvgIpc) is 3.40. The van der Waals surface area contributed by atoms with E-state index in [1.165, 1.54) is 283 Å². The van der Waals surface area contributed by atoms with E-state index in [2.05, 4.69) is 32.9 Å². The molecule has 0 saturated heterocycles. The van der Waals surface area contributed by atoms with Crippen molar-refractivity contribution in [2.24, 2.45) is 0 Å². The van der Waals surface area contributed by atoms with Crippen molar-refractivity contribution in [3.63, 3.8) is 0 Å². The van der Waals surface area contributed by atoms with Crippen LogP contribution in [0.1, 0.15) is 387 Å². The molecule has 74 heavy (non-hydrogen) atoms. The largest absolute Gasteiger partial charge is 0.462 e. The molecule has 0 aromatic carbocycles. The second kappa shape index (κ2) is 63.7. The van der Waals surface area contributed by atoms with Crippen LogP contribution in [-0.2, 0) is 28.6 Å². The van der Waals surface area contributed by atoms with Crippen LogP contribution in [0.25, 0.3) is 0 Å². The van der Waals surface area contributed by atoms with Gasteiger partial charge in [0.1, 0.15) is 13.2 Å². The van der Waals surface area contributed by atoms with Gasteiger partial charge in [-0.05, 0) is 44.9 Å². The first-order valence-electron chi connectivity index (χ1n) is 33.7. The molecular formula is C68H130O6. The van der Waals surface area contributed by atoms with E-state index in [-0.39, 0.29) is 31.1 Å². The quantitative estimate of drug-likeness (QED) is 0.0261. The molecule has 6 heteroatoms. The van der Waals surface area contributed by atoms with E-state index in [1.807, 2.05) is 0 Å². The highest BCUT2D eigenvalue weighted by Crippen LogP contribution is 2.19. The van der Waals surface area contributed by atoms with Gasteiger partial charge in [-0.25, -0.2) is 0 Å². The Hall–Kier alpha value is -1.85. The molecule has 0 aromatic rings. The zero-order valence-electron chi connectivity index (χ0n) is 50.4. The lowest BCUT2D eigenvalue weighted by atomic mass is 10.0. The Bertz CT molecular complexity index is 1150. The minimum Gasteiger partial charge on any atom is -0.462 e. The minimum atomic E-state index is -0.769. The summed E-state index contributed by atoms with van der Waals surface area (Å²) in [5.74, 6) is -0.841. The summed E-state index contributed by atoms with van der Waals surface area (Å²) < 4.78 is 17.0. The lowest BCUT2D eigenvalue weighted by Crippen LogP contribution is -2.30. The summed E-state index contributed by atoms with van der Waals surface area (Å²) in [5.41, 5.74) is 0. The van der Waals surface area contributed by atoms with Gasteiger partial charge < -0.3 is 14.2 Å². The fourth-order valence-electron chi connectivity index (χ4n) is 10.4. The third-order valence-corrected chi connectivity index (χ3v) is 15.5. The van der Waals surface area contributed by atoms with Crippen LogP contribution in [0.5, 0.6) is 0 Å². The zero-order chi connectivity index (χ0) is 53.6. The molecule has 6 nitrogen and oxygen atoms in total. The number of hydrogen-bond donors (Lipinski definition) is 0. The maximum absolute atomic E-state index is 12.9. The van der Waals surface area contributed by atoms with E-state index in [0.717, 1.165) is 64.2 Å². The fraction of sp³-hybridized carbons (Fsp3) is 0.926. The molecule has 0 aliphatic heterocycles. The van der Waals surface area contributed by atoms with Crippen LogP contribution < -0.4 is 0 Å². The monoisotopic (exact) mass is 1040 g/mol. The van der Waals surface area contributed by atoms with Gasteiger partial charge in [-0.1, -0.05) is 335 Å². The first-order valence-corrected chi connectivity index (χ1v) is 33.7. The SMILES string of the molecule is CCCCCCCC/C=C\CCCCCCCC(=O)OCC(COC(=O)CCCCCCCCCCCCCCCCCCCCCCCCC)OC(=O)CCCCCCCCCCCCCCCCCCCC. The normalized spacial score (nSPS) is 12.0. The highest BCUT2D eigenvalue weighted by atomic mass is 16.6. The Labute approximate surface area is 462 Å². The highest BCUT2D eigenvalue weighted by molar-refractivity contribution is 5.71. The third kappa shape index (κ3) is 61.0. The van der Waals surface area contributed by atoms with Crippen LogP contribution in [0, 0.1) is 0 Å². The molecule has 0 aliphatic carbocycles. The standard InChI is InChI=1S/C68H130O6/c1-4-7-10-13-16-19-22-25-28-30-32-33-34-35-36-38-40-43-46-49-52-55-58-61-67(70)73-64-65(63-72-66(69)60-57-54-51-48-45-42-39-27-24-21-18-15-12-9-6-3)74-68(71)62-59-56-53-50-47-44-41-37-31-29-26-23-20-17-14-11-8-5-2/h27,39,65H,4-26,28-38,40-64H2,1-3H3/b39-27-. The average molecular weight is 1040 g/mol. The fourth-order valence-corrected chi connectivity index (χ4v) is 10.4. The van der Waals surface area contributed by atoms with Gasteiger partial charge in [0.05, 0.1) is 0 Å². The molecule has 0 saturated carbocycles. The molecule has 0 radical (unpaired) electrons. The molecule has 1 atom stereocenters. The van der Waals surface area contributed by atoms with Crippen LogP contribution in [-0.4, -0.2) is 37.2 Å². The minimum absolute atomic E-state index is 0.0657. The summed E-state index contributed by atoms with van der Waals surface area (Å²) in [7, 11) is 0. The van der Waals surface area contributed by atoms with E-state index in [0.29, 0.717) is 19.3 Å². The Balaban J connectivity index is 4.25. The van der Waals surface area contributed by atoms with Crippen molar-refractivity contribution in [3.8, 4) is 0 Å². The number of rotatable bonds is 63. The second-order valence-electron chi connectivity index (χ2n) is 23.1. The van der Waals surface area contributed by atoms with Gasteiger partial charge >= 0.3 is 17.9 Å². The topological polar surface area (TPSA) is 78.9 Å². The summed E-state index contributed by atoms with van der Waals surface area (Å²) in [6.07, 6.45) is 75.1. The molecule has 0 heterocycles. The Kier molecular flexibility index (Phi) is 62.1. The predicted octanol–water partition coefficient (Wildman–Crippen LogP) is 22.8. The van der Waals surface area contributed by atoms with Gasteiger partial charge in [0, 0.05) is 19.3 Å². The van der Waals surface area contributed by atoms with Crippen molar-refractivity contribution >= 4 is 17.9 Å². The number of allylic oxidation sites excluding steroid dienone is 2. The van der Waals surface area contributed by atoms with E-state index >= 15 is 0 Å². The Morgan fingerprint density at radius 1 is 0.257 bits per heavy atom. The Morgan fingerprint density at radius 3 is 0.676 bits per heavy atom. The summed E-state index contributed by atoms with van der Waals surface area (Å²) in [6.45, 7) is 6.71. The van der Waals surface area contributed by atoms with Crippen molar-refractivity contribution in [1.82, 2.24) is 0 Å². The lowest BCUT2D eigenvalue weighted by Gasteiger charge is -2.18. The van der Waals surface area contributed by atoms with Gasteiger partial charge in [-0.3, -0.25) is 14.4 Å². The van der Waals surface area contributed by atoms with Crippen molar-refractivity contribution in [2.45, 2.75) is 393 Å². The molecular weight excluding hydrogens is 913 g/mol. The lowest BCUT2D eigenvalue weighted by molar-refractivity contribution is -0.167. The first-order chi connectivity index (χ1) is 36.5. The highest BCUT2D eigenvalue weighted by Gasteiger charge is 2.19. The van der Waals surface area contributed by atoms with Gasteiger partial charge in [0.25, 0.3) is 0 Å². The first kappa shape index (κ1) is 72.2. The van der Waals surface area contributed by atoms with Gasteiger partial charge in [-0.15, -0.1) is 0 Å². The molecule has 0 N–H and O–H groups in total. The summed E-state index contributed by atoms with van der Waals surface area (Å²) >= 11 is 0. The number of carbonyl (C=O) groups is 3. The van der Waals surface area contributed by atoms with Crippen molar-refractivity contribution in [2.75, 3.05) is 13.2 Å². The van der Waals surface area contributed by atoms with Crippen molar-refractivity contribution < 1.29 is 28.6 Å². The van der Waals surface area contributed by atoms with Gasteiger partial charge in [0.2, 0.25) is 0 Å². The van der Waals surface area contributed by atoms with Crippen molar-refractivity contribution in [1.29, 1.82) is 0 Å². The Morgan fingerprint density at radius 2 is 0.446 bits per heavy atom. The number of unbranched alkanes of at least 4 members (excludes halogenated alkanes) is 50. The second-order valence-corrected chi connectivity index (χ2v) is 23.1. The van der Waals surface area contributed by atoms with Crippen molar-refractivity contribution in [3.05, 3.63) is 12.2 Å². The zero-order valence-corrected chi connectivity index (χ0v) is 50.4. The summed E-state index contributed by atoms with van der Waals surface area (Å²) in [4.78, 5) is 38.4. The molecule has 0 fully saturated rings. The maximum Gasteiger partial charge on any atom is 0.306 e. The van der Waals surface area contributed by atoms with Gasteiger partial charge in [0.15, 0.2) is 6.10 Å². The van der Waals surface area contributed by atoms with Crippen LogP contribution in [0.3, 0.4) is 0 Å². The molecule has 0 bridgehead atoms. The molecule has 1 unspecified atom stereocenters. The number of hydrogen-bond acceptors (Lipinski definition) is 6. The smallest absolute Gasteiger partial charge is 0.306 e. The molecule has 0 aliphatic rings. The third-order valence-electron chi connectivity index (χ3n) is 15.5. The van der Waals surface area contributed by atoms with E-state index < -0.39 is 6.10 Å². The summed E-state index contributed by atoms with van der Waals surface area (Å²) in [5, 5.41) is 0. The molecule has 438 valence electrons. The molecule has 0 rings (SSSR count). The number of esters is 3. The van der Waals surface area contributed by atoms with Crippen LogP contribution >= 0.6 is 0 Å². The maximum atomic E-state index is 12.9. The van der Waals surface area contributed by atoms with Gasteiger partial charge in [-0.2, -0.15) is 0 Å². The van der Waals surface area contributed by atoms with Crippen LogP contribution in [0.4, 0.5) is 0 Å². The van der Waals surface area contributed by atoms with Crippen LogP contribution in [0.2, 0.25) is 0 Å². The number of carbonyl (C=O) groups excluding carboxylic acids is 3. The predicted molar refractivity (Wildman–Crippen MR) is 321 cm³/mol. The van der Waals surface area contributed by atoms with Crippen LogP contribution in [0.15, 0.2) is 12.2 Å². The number of ether oxygens (including phenoxy) is 3. The summed E-state index contributed by atoms with van der Waals surface area (Å²) in [6, 6.07) is 0. The molecule has 0 spiro atoms. The van der Waals surface area contributed by atoms with E-state index in [4.69, 9.17) is 14.2 Å². The van der Waals surface area contributed by atoms with E-state index in [9.17, 15) is 14.4 Å². The molecule has 0 aromatic heterocycles. The van der Waals surface area contributed by atoms with E-state index in [1.54, 1.807) is 0 Å².